The van der Waals surface area contributed by atoms with Gasteiger partial charge >= 0.3 is 13.2 Å². The fraction of sp³-hybridized carbons (Fsp3) is 0.273. The van der Waals surface area contributed by atoms with Crippen molar-refractivity contribution in [1.82, 2.24) is 5.43 Å². The molecule has 1 aromatic carbocycles. The van der Waals surface area contributed by atoms with Crippen LogP contribution in [0.1, 0.15) is 12.5 Å². The van der Waals surface area contributed by atoms with Crippen LogP contribution >= 0.6 is 0 Å². The number of hydrazone groups is 1. The molecule has 0 aliphatic rings. The standard InChI is InChI=1S/C11H10F4N2O3/c1-6(18)17-16-5-7-2-3-8(19-10(12)13)4-9(7)20-11(14)15/h2-5,10-11H,1H3,(H,17,18)/b16-5-. The van der Waals surface area contributed by atoms with Crippen molar-refractivity contribution in [2.45, 2.75) is 20.1 Å². The Morgan fingerprint density at radius 3 is 2.45 bits per heavy atom. The molecule has 0 heterocycles. The van der Waals surface area contributed by atoms with Gasteiger partial charge < -0.3 is 9.47 Å². The van der Waals surface area contributed by atoms with Gasteiger partial charge in [0.15, 0.2) is 0 Å². The molecular weight excluding hydrogens is 284 g/mol. The van der Waals surface area contributed by atoms with E-state index in [-0.39, 0.29) is 11.3 Å². The third kappa shape index (κ3) is 5.55. The van der Waals surface area contributed by atoms with Crippen molar-refractivity contribution in [3.8, 4) is 11.5 Å². The van der Waals surface area contributed by atoms with Crippen LogP contribution in [0.25, 0.3) is 0 Å². The highest BCUT2D eigenvalue weighted by Gasteiger charge is 2.12. The second kappa shape index (κ2) is 7.31. The van der Waals surface area contributed by atoms with Crippen molar-refractivity contribution in [2.24, 2.45) is 5.10 Å². The summed E-state index contributed by atoms with van der Waals surface area (Å²) in [6.45, 7) is -5.04. The van der Waals surface area contributed by atoms with E-state index in [1.54, 1.807) is 0 Å². The van der Waals surface area contributed by atoms with Crippen molar-refractivity contribution >= 4 is 12.1 Å². The topological polar surface area (TPSA) is 59.9 Å². The van der Waals surface area contributed by atoms with E-state index >= 15 is 0 Å². The molecular formula is C11H10F4N2O3. The van der Waals surface area contributed by atoms with Crippen LogP contribution in [0.15, 0.2) is 23.3 Å². The van der Waals surface area contributed by atoms with E-state index in [0.29, 0.717) is 0 Å². The number of ether oxygens (including phenoxy) is 2. The van der Waals surface area contributed by atoms with Gasteiger partial charge in [0.25, 0.3) is 0 Å². The van der Waals surface area contributed by atoms with Gasteiger partial charge in [0, 0.05) is 18.6 Å². The molecule has 1 aromatic rings. The number of halogens is 4. The van der Waals surface area contributed by atoms with E-state index in [9.17, 15) is 22.4 Å². The lowest BCUT2D eigenvalue weighted by Gasteiger charge is -2.10. The molecule has 0 aliphatic carbocycles. The molecule has 0 atom stereocenters. The number of carbonyl (C=O) groups is 1. The van der Waals surface area contributed by atoms with Gasteiger partial charge in [-0.1, -0.05) is 0 Å². The molecule has 0 aliphatic heterocycles. The summed E-state index contributed by atoms with van der Waals surface area (Å²) in [4.78, 5) is 10.6. The van der Waals surface area contributed by atoms with Crippen molar-refractivity contribution < 1.29 is 31.8 Å². The average molecular weight is 294 g/mol. The summed E-state index contributed by atoms with van der Waals surface area (Å²) in [7, 11) is 0. The number of benzene rings is 1. The van der Waals surface area contributed by atoms with E-state index in [2.05, 4.69) is 20.0 Å². The third-order valence-electron chi connectivity index (χ3n) is 1.85. The second-order valence-corrected chi connectivity index (χ2v) is 3.38. The quantitative estimate of drug-likeness (QED) is 0.498. The van der Waals surface area contributed by atoms with Crippen LogP contribution in [-0.2, 0) is 4.79 Å². The number of rotatable bonds is 6. The van der Waals surface area contributed by atoms with E-state index in [1.165, 1.54) is 13.0 Å². The van der Waals surface area contributed by atoms with Gasteiger partial charge in [0.2, 0.25) is 5.91 Å². The summed E-state index contributed by atoms with van der Waals surface area (Å²) >= 11 is 0. The Morgan fingerprint density at radius 2 is 1.90 bits per heavy atom. The zero-order chi connectivity index (χ0) is 15.1. The van der Waals surface area contributed by atoms with Crippen molar-refractivity contribution in [2.75, 3.05) is 0 Å². The minimum absolute atomic E-state index is 0.0562. The summed E-state index contributed by atoms with van der Waals surface area (Å²) in [6.07, 6.45) is 1.03. The van der Waals surface area contributed by atoms with Gasteiger partial charge in [-0.3, -0.25) is 4.79 Å². The smallest absolute Gasteiger partial charge is 0.387 e. The second-order valence-electron chi connectivity index (χ2n) is 3.38. The highest BCUT2D eigenvalue weighted by molar-refractivity contribution is 5.85. The largest absolute Gasteiger partial charge is 0.435 e. The number of nitrogens with one attached hydrogen (secondary N) is 1. The van der Waals surface area contributed by atoms with Crippen LogP contribution < -0.4 is 14.9 Å². The lowest BCUT2D eigenvalue weighted by atomic mass is 10.2. The van der Waals surface area contributed by atoms with Crippen molar-refractivity contribution in [1.29, 1.82) is 0 Å². The molecule has 0 spiro atoms. The normalized spacial score (nSPS) is 11.2. The molecule has 0 bridgehead atoms. The maximum atomic E-state index is 12.2. The van der Waals surface area contributed by atoms with Gasteiger partial charge in [0.05, 0.1) is 6.21 Å². The summed E-state index contributed by atoms with van der Waals surface area (Å²) in [6, 6.07) is 3.17. The lowest BCUT2D eigenvalue weighted by Crippen LogP contribution is -2.12. The monoisotopic (exact) mass is 294 g/mol. The Kier molecular flexibility index (Phi) is 5.75. The van der Waals surface area contributed by atoms with Crippen LogP contribution in [0.5, 0.6) is 11.5 Å². The van der Waals surface area contributed by atoms with Crippen LogP contribution in [0, 0.1) is 0 Å². The van der Waals surface area contributed by atoms with Crippen LogP contribution in [0.2, 0.25) is 0 Å². The molecule has 0 saturated carbocycles. The number of hydrogen-bond donors (Lipinski definition) is 1. The molecule has 9 heteroatoms. The first-order valence-corrected chi connectivity index (χ1v) is 5.22. The van der Waals surface area contributed by atoms with Crippen molar-refractivity contribution in [3.63, 3.8) is 0 Å². The zero-order valence-electron chi connectivity index (χ0n) is 10.1. The van der Waals surface area contributed by atoms with Gasteiger partial charge in [-0.2, -0.15) is 22.7 Å². The summed E-state index contributed by atoms with van der Waals surface area (Å²) < 4.78 is 56.7. The van der Waals surface area contributed by atoms with Crippen molar-refractivity contribution in [3.05, 3.63) is 23.8 Å². The molecule has 20 heavy (non-hydrogen) atoms. The fourth-order valence-corrected chi connectivity index (χ4v) is 1.19. The molecule has 0 radical (unpaired) electrons. The van der Waals surface area contributed by atoms with E-state index in [4.69, 9.17) is 0 Å². The van der Waals surface area contributed by atoms with Crippen LogP contribution in [-0.4, -0.2) is 25.3 Å². The molecule has 0 aromatic heterocycles. The SMILES string of the molecule is CC(=O)N/N=C\c1ccc(OC(F)F)cc1OC(F)F. The minimum Gasteiger partial charge on any atom is -0.435 e. The molecule has 0 fully saturated rings. The zero-order valence-corrected chi connectivity index (χ0v) is 10.1. The Morgan fingerprint density at radius 1 is 1.25 bits per heavy atom. The molecule has 1 rings (SSSR count). The predicted molar refractivity (Wildman–Crippen MR) is 61.1 cm³/mol. The first-order valence-electron chi connectivity index (χ1n) is 5.22. The molecule has 0 saturated heterocycles. The van der Waals surface area contributed by atoms with E-state index in [0.717, 1.165) is 18.3 Å². The first kappa shape index (κ1) is 15.7. The molecule has 1 amide bonds. The Labute approximate surface area is 111 Å². The minimum atomic E-state index is -3.15. The van der Waals surface area contributed by atoms with Gasteiger partial charge in [-0.15, -0.1) is 0 Å². The first-order chi connectivity index (χ1) is 9.38. The highest BCUT2D eigenvalue weighted by atomic mass is 19.3. The highest BCUT2D eigenvalue weighted by Crippen LogP contribution is 2.26. The fourth-order valence-electron chi connectivity index (χ4n) is 1.19. The molecule has 5 nitrogen and oxygen atoms in total. The third-order valence-corrected chi connectivity index (χ3v) is 1.85. The number of carbonyl (C=O) groups excluding carboxylic acids is 1. The Bertz CT molecular complexity index is 495. The predicted octanol–water partition coefficient (Wildman–Crippen LogP) is 2.36. The maximum Gasteiger partial charge on any atom is 0.387 e. The Hall–Kier alpha value is -2.32. The summed E-state index contributed by atoms with van der Waals surface area (Å²) in [5.41, 5.74) is 2.11. The number of alkyl halides is 4. The van der Waals surface area contributed by atoms with Crippen LogP contribution in [0.3, 0.4) is 0 Å². The van der Waals surface area contributed by atoms with Gasteiger partial charge in [-0.25, -0.2) is 5.43 Å². The Balaban J connectivity index is 2.96. The summed E-state index contributed by atoms with van der Waals surface area (Å²) in [5.74, 6) is -1.21. The molecule has 1 N–H and O–H groups in total. The van der Waals surface area contributed by atoms with Crippen LogP contribution in [0.4, 0.5) is 17.6 Å². The van der Waals surface area contributed by atoms with Gasteiger partial charge in [0.1, 0.15) is 11.5 Å². The average Bonchev–Trinajstić information content (AvgIpc) is 2.29. The lowest BCUT2D eigenvalue weighted by molar-refractivity contribution is -0.118. The van der Waals surface area contributed by atoms with E-state index in [1.807, 2.05) is 0 Å². The number of nitrogens with zero attached hydrogens (tertiary/aromatic N) is 1. The number of hydrogen-bond acceptors (Lipinski definition) is 4. The van der Waals surface area contributed by atoms with E-state index < -0.39 is 24.9 Å². The summed E-state index contributed by atoms with van der Waals surface area (Å²) in [5, 5.41) is 3.46. The van der Waals surface area contributed by atoms with Gasteiger partial charge in [-0.05, 0) is 12.1 Å². The number of amides is 1. The maximum absolute atomic E-state index is 12.2. The molecule has 0 unspecified atom stereocenters. The molecule has 110 valence electrons.